The third-order valence-electron chi connectivity index (χ3n) is 4.59. The van der Waals surface area contributed by atoms with Crippen LogP contribution in [0.3, 0.4) is 0 Å². The minimum absolute atomic E-state index is 0.236. The predicted octanol–water partition coefficient (Wildman–Crippen LogP) is 4.64. The molecule has 0 aliphatic heterocycles. The number of nitrogens with zero attached hydrogens (tertiary/aromatic N) is 5. The molecule has 0 radical (unpaired) electrons. The van der Waals surface area contributed by atoms with Crippen molar-refractivity contribution in [2.75, 3.05) is 4.90 Å². The van der Waals surface area contributed by atoms with Crippen molar-refractivity contribution in [3.05, 3.63) is 87.5 Å². The van der Waals surface area contributed by atoms with Gasteiger partial charge in [-0.05, 0) is 63.2 Å². The van der Waals surface area contributed by atoms with Crippen LogP contribution in [0, 0.1) is 26.6 Å². The van der Waals surface area contributed by atoms with Crippen molar-refractivity contribution in [2.24, 2.45) is 0 Å². The fraction of sp³-hybridized carbons (Fsp3) is 0.182. The largest absolute Gasteiger partial charge is 0.302 e. The van der Waals surface area contributed by atoms with E-state index in [1.807, 2.05) is 32.2 Å². The summed E-state index contributed by atoms with van der Waals surface area (Å²) in [4.78, 5) is 23.8. The van der Waals surface area contributed by atoms with Gasteiger partial charge in [-0.2, -0.15) is 5.10 Å². The molecule has 0 aliphatic rings. The Morgan fingerprint density at radius 2 is 1.90 bits per heavy atom. The second-order valence-corrected chi connectivity index (χ2v) is 8.03. The summed E-state index contributed by atoms with van der Waals surface area (Å²) in [5, 5.41) is 7.26. The molecule has 4 aromatic rings. The molecule has 1 aromatic carbocycles. The Morgan fingerprint density at radius 3 is 2.47 bits per heavy atom. The Kier molecular flexibility index (Phi) is 5.41. The van der Waals surface area contributed by atoms with E-state index in [-0.39, 0.29) is 18.3 Å². The van der Waals surface area contributed by atoms with Gasteiger partial charge in [-0.1, -0.05) is 0 Å². The van der Waals surface area contributed by atoms with Crippen molar-refractivity contribution in [3.63, 3.8) is 0 Å². The molecule has 0 aliphatic carbocycles. The molecule has 0 unspecified atom stereocenters. The number of aromatic nitrogens is 4. The van der Waals surface area contributed by atoms with Gasteiger partial charge in [-0.25, -0.2) is 19.0 Å². The van der Waals surface area contributed by atoms with E-state index in [1.165, 1.54) is 29.7 Å². The number of rotatable bonds is 5. The summed E-state index contributed by atoms with van der Waals surface area (Å²) in [6.07, 6.45) is 1.54. The summed E-state index contributed by atoms with van der Waals surface area (Å²) in [5.41, 5.74) is 3.66. The molecule has 0 spiro atoms. The normalized spacial score (nSPS) is 10.9. The van der Waals surface area contributed by atoms with Crippen LogP contribution >= 0.6 is 11.3 Å². The molecular weight excluding hydrogens is 401 g/mol. The molecule has 30 heavy (non-hydrogen) atoms. The fourth-order valence-corrected chi connectivity index (χ4v) is 3.80. The van der Waals surface area contributed by atoms with Crippen LogP contribution in [-0.2, 0) is 6.54 Å². The zero-order valence-electron chi connectivity index (χ0n) is 16.8. The molecule has 3 heterocycles. The van der Waals surface area contributed by atoms with Crippen molar-refractivity contribution >= 4 is 22.9 Å². The molecule has 0 saturated heterocycles. The molecule has 3 aromatic heterocycles. The number of halogens is 1. The number of benzene rings is 1. The molecule has 4 rings (SSSR count). The minimum Gasteiger partial charge on any atom is -0.302 e. The van der Waals surface area contributed by atoms with Gasteiger partial charge in [0.1, 0.15) is 5.82 Å². The van der Waals surface area contributed by atoms with Gasteiger partial charge in [-0.3, -0.25) is 4.79 Å². The van der Waals surface area contributed by atoms with E-state index in [1.54, 1.807) is 33.8 Å². The first-order chi connectivity index (χ1) is 14.4. The lowest BCUT2D eigenvalue weighted by molar-refractivity contribution is 0.0984. The molecule has 8 heteroatoms. The first-order valence-corrected chi connectivity index (χ1v) is 10.3. The minimum atomic E-state index is -0.355. The Morgan fingerprint density at radius 1 is 1.13 bits per heavy atom. The number of hydrogen-bond acceptors (Lipinski definition) is 5. The zero-order valence-corrected chi connectivity index (χ0v) is 17.7. The molecule has 0 bridgehead atoms. The molecule has 152 valence electrons. The highest BCUT2D eigenvalue weighted by atomic mass is 32.1. The van der Waals surface area contributed by atoms with Crippen LogP contribution in [0.2, 0.25) is 0 Å². The maximum absolute atomic E-state index is 13.4. The number of hydrogen-bond donors (Lipinski definition) is 0. The molecule has 0 atom stereocenters. The monoisotopic (exact) mass is 421 g/mol. The van der Waals surface area contributed by atoms with E-state index in [4.69, 9.17) is 0 Å². The van der Waals surface area contributed by atoms with Crippen LogP contribution in [0.15, 0.2) is 54.0 Å². The number of pyridine rings is 1. The van der Waals surface area contributed by atoms with Crippen LogP contribution < -0.4 is 4.90 Å². The third-order valence-corrected chi connectivity index (χ3v) is 5.41. The van der Waals surface area contributed by atoms with E-state index >= 15 is 0 Å². The quantitative estimate of drug-likeness (QED) is 0.471. The van der Waals surface area contributed by atoms with Crippen molar-refractivity contribution in [1.82, 2.24) is 19.7 Å². The summed E-state index contributed by atoms with van der Waals surface area (Å²) in [6, 6.07) is 11.3. The first kappa shape index (κ1) is 19.9. The Labute approximate surface area is 177 Å². The van der Waals surface area contributed by atoms with Gasteiger partial charge in [0, 0.05) is 23.0 Å². The van der Waals surface area contributed by atoms with Crippen LogP contribution in [0.4, 0.5) is 10.1 Å². The average Bonchev–Trinajstić information content (AvgIpc) is 3.30. The van der Waals surface area contributed by atoms with Gasteiger partial charge in [-0.15, -0.1) is 11.3 Å². The summed E-state index contributed by atoms with van der Waals surface area (Å²) in [5.74, 6) is 0.0480. The van der Waals surface area contributed by atoms with Crippen molar-refractivity contribution < 1.29 is 9.18 Å². The highest BCUT2D eigenvalue weighted by molar-refractivity contribution is 7.09. The summed E-state index contributed by atoms with van der Waals surface area (Å²) in [6.45, 7) is 6.07. The SMILES string of the molecule is Cc1cc(C)n(-c2ccc(C(=O)N(Cc3csc(C)n3)c3ccc(F)cc3)cn2)n1. The molecule has 0 fully saturated rings. The number of carbonyl (C=O) groups is 1. The second kappa shape index (κ2) is 8.16. The molecule has 6 nitrogen and oxygen atoms in total. The maximum Gasteiger partial charge on any atom is 0.260 e. The van der Waals surface area contributed by atoms with Crippen LogP contribution in [0.5, 0.6) is 0 Å². The summed E-state index contributed by atoms with van der Waals surface area (Å²) in [7, 11) is 0. The third kappa shape index (κ3) is 4.13. The van der Waals surface area contributed by atoms with Crippen molar-refractivity contribution in [1.29, 1.82) is 0 Å². The van der Waals surface area contributed by atoms with E-state index < -0.39 is 0 Å². The van der Waals surface area contributed by atoms with Gasteiger partial charge in [0.2, 0.25) is 0 Å². The number of carbonyl (C=O) groups excluding carboxylic acids is 1. The smallest absolute Gasteiger partial charge is 0.260 e. The van der Waals surface area contributed by atoms with Gasteiger partial charge in [0.15, 0.2) is 5.82 Å². The molecular formula is C22H20FN5OS. The highest BCUT2D eigenvalue weighted by Gasteiger charge is 2.20. The number of anilines is 1. The van der Waals surface area contributed by atoms with Crippen LogP contribution in [-0.4, -0.2) is 25.7 Å². The van der Waals surface area contributed by atoms with E-state index in [0.717, 1.165) is 22.1 Å². The van der Waals surface area contributed by atoms with Crippen LogP contribution in [0.1, 0.15) is 32.4 Å². The Balaban J connectivity index is 1.65. The predicted molar refractivity (Wildman–Crippen MR) is 115 cm³/mol. The lowest BCUT2D eigenvalue weighted by Crippen LogP contribution is -2.30. The lowest BCUT2D eigenvalue weighted by atomic mass is 10.2. The standard InChI is InChI=1S/C22H20FN5OS/c1-14-10-15(2)28(26-14)21-9-4-17(11-24-21)22(29)27(12-19-13-30-16(3)25-19)20-7-5-18(23)6-8-20/h4-11,13H,12H2,1-3H3. The van der Waals surface area contributed by atoms with Crippen molar-refractivity contribution in [3.8, 4) is 5.82 Å². The van der Waals surface area contributed by atoms with Gasteiger partial charge in [0.05, 0.1) is 28.5 Å². The Bertz CT molecular complexity index is 1180. The summed E-state index contributed by atoms with van der Waals surface area (Å²) < 4.78 is 15.1. The number of thiazole rings is 1. The van der Waals surface area contributed by atoms with Gasteiger partial charge < -0.3 is 4.90 Å². The first-order valence-electron chi connectivity index (χ1n) is 9.39. The summed E-state index contributed by atoms with van der Waals surface area (Å²) >= 11 is 1.52. The second-order valence-electron chi connectivity index (χ2n) is 6.97. The average molecular weight is 422 g/mol. The molecule has 0 saturated carbocycles. The van der Waals surface area contributed by atoms with Crippen molar-refractivity contribution in [2.45, 2.75) is 27.3 Å². The zero-order chi connectivity index (χ0) is 21.3. The number of amides is 1. The molecule has 0 N–H and O–H groups in total. The molecule has 1 amide bonds. The van der Waals surface area contributed by atoms with Gasteiger partial charge in [0.25, 0.3) is 5.91 Å². The fourth-order valence-electron chi connectivity index (χ4n) is 3.20. The number of aryl methyl sites for hydroxylation is 3. The topological polar surface area (TPSA) is 63.9 Å². The van der Waals surface area contributed by atoms with Crippen LogP contribution in [0.25, 0.3) is 5.82 Å². The van der Waals surface area contributed by atoms with E-state index in [2.05, 4.69) is 15.1 Å². The van der Waals surface area contributed by atoms with Gasteiger partial charge >= 0.3 is 0 Å². The maximum atomic E-state index is 13.4. The van der Waals surface area contributed by atoms with E-state index in [9.17, 15) is 9.18 Å². The highest BCUT2D eigenvalue weighted by Crippen LogP contribution is 2.22. The lowest BCUT2D eigenvalue weighted by Gasteiger charge is -2.22. The Hall–Kier alpha value is -3.39. The van der Waals surface area contributed by atoms with E-state index in [0.29, 0.717) is 17.1 Å².